The molecule has 6 nitrogen and oxygen atoms in total. The van der Waals surface area contributed by atoms with Crippen molar-refractivity contribution in [3.8, 4) is 0 Å². The number of piperidine rings is 1. The second kappa shape index (κ2) is 11.3. The van der Waals surface area contributed by atoms with Crippen molar-refractivity contribution in [1.82, 2.24) is 15.5 Å². The minimum Gasteiger partial charge on any atom is -0.354 e. The van der Waals surface area contributed by atoms with Gasteiger partial charge in [-0.3, -0.25) is 14.4 Å². The van der Waals surface area contributed by atoms with Gasteiger partial charge in [0.25, 0.3) is 11.8 Å². The molecule has 0 aromatic heterocycles. The average molecular weight is 470 g/mol. The first kappa shape index (κ1) is 24.8. The maximum Gasteiger partial charge on any atom is 0.253 e. The Labute approximate surface area is 200 Å². The lowest BCUT2D eigenvalue weighted by Gasteiger charge is -2.36. The summed E-state index contributed by atoms with van der Waals surface area (Å²) in [5.41, 5.74) is 2.11. The van der Waals surface area contributed by atoms with Gasteiger partial charge < -0.3 is 15.5 Å². The number of rotatable bonds is 7. The van der Waals surface area contributed by atoms with Gasteiger partial charge in [0, 0.05) is 25.2 Å². The van der Waals surface area contributed by atoms with E-state index in [1.807, 2.05) is 49.9 Å². The molecule has 0 bridgehead atoms. The summed E-state index contributed by atoms with van der Waals surface area (Å²) in [5.74, 6) is -0.362. The predicted molar refractivity (Wildman–Crippen MR) is 130 cm³/mol. The number of nitrogens with zero attached hydrogens (tertiary/aromatic N) is 1. The van der Waals surface area contributed by atoms with E-state index in [1.54, 1.807) is 24.3 Å². The molecule has 2 N–H and O–H groups in total. The molecule has 33 heavy (non-hydrogen) atoms. The summed E-state index contributed by atoms with van der Waals surface area (Å²) in [5, 5.41) is 6.20. The molecule has 1 aliphatic rings. The van der Waals surface area contributed by atoms with Crippen molar-refractivity contribution < 1.29 is 14.4 Å². The molecule has 0 unspecified atom stereocenters. The Morgan fingerprint density at radius 1 is 1.03 bits per heavy atom. The number of hydrogen-bond acceptors (Lipinski definition) is 3. The minimum atomic E-state index is -0.691. The van der Waals surface area contributed by atoms with Crippen molar-refractivity contribution in [2.24, 2.45) is 11.8 Å². The zero-order valence-electron chi connectivity index (χ0n) is 19.4. The lowest BCUT2D eigenvalue weighted by Crippen LogP contribution is -2.54. The molecule has 1 saturated heterocycles. The quantitative estimate of drug-likeness (QED) is 0.641. The third kappa shape index (κ3) is 6.57. The molecule has 0 radical (unpaired) electrons. The maximum absolute atomic E-state index is 13.0. The molecule has 2 aromatic rings. The first-order valence-electron chi connectivity index (χ1n) is 11.4. The number of amides is 3. The van der Waals surface area contributed by atoms with Gasteiger partial charge in [0.05, 0.1) is 10.6 Å². The highest BCUT2D eigenvalue weighted by Crippen LogP contribution is 2.24. The van der Waals surface area contributed by atoms with Gasteiger partial charge in [0.15, 0.2) is 0 Å². The largest absolute Gasteiger partial charge is 0.354 e. The van der Waals surface area contributed by atoms with Crippen LogP contribution in [0.4, 0.5) is 0 Å². The molecule has 0 spiro atoms. The van der Waals surface area contributed by atoms with Crippen LogP contribution in [0.1, 0.15) is 53.0 Å². The van der Waals surface area contributed by atoms with E-state index in [1.165, 1.54) is 0 Å². The van der Waals surface area contributed by atoms with Crippen LogP contribution in [0.3, 0.4) is 0 Å². The highest BCUT2D eigenvalue weighted by molar-refractivity contribution is 6.33. The Morgan fingerprint density at radius 3 is 2.27 bits per heavy atom. The number of carbonyl (C=O) groups is 3. The van der Waals surface area contributed by atoms with Crippen molar-refractivity contribution in [1.29, 1.82) is 0 Å². The molecule has 1 atom stereocenters. The van der Waals surface area contributed by atoms with E-state index in [0.29, 0.717) is 54.5 Å². The van der Waals surface area contributed by atoms with Crippen LogP contribution in [0.25, 0.3) is 0 Å². The van der Waals surface area contributed by atoms with Gasteiger partial charge >= 0.3 is 0 Å². The van der Waals surface area contributed by atoms with E-state index < -0.39 is 6.04 Å². The van der Waals surface area contributed by atoms with Gasteiger partial charge in [-0.15, -0.1) is 0 Å². The van der Waals surface area contributed by atoms with Crippen molar-refractivity contribution in [3.63, 3.8) is 0 Å². The number of likely N-dealkylation sites (tertiary alicyclic amines) is 1. The van der Waals surface area contributed by atoms with Crippen LogP contribution in [0.5, 0.6) is 0 Å². The van der Waals surface area contributed by atoms with Gasteiger partial charge in [0.2, 0.25) is 5.91 Å². The summed E-state index contributed by atoms with van der Waals surface area (Å²) in [6, 6.07) is 13.6. The number of aryl methyl sites for hydroxylation is 1. The standard InChI is InChI=1S/C26H32ClN3O3/c1-17(2)16-28-25(32)23(29-24(31)21-6-4-5-7-22(21)27)19-12-14-30(15-13-19)26(33)20-10-8-18(3)9-11-20/h4-11,17,19,23H,12-16H2,1-3H3,(H,28,32)(H,29,31)/t23-/m1/s1. The van der Waals surface area contributed by atoms with Crippen LogP contribution < -0.4 is 10.6 Å². The predicted octanol–water partition coefficient (Wildman–Crippen LogP) is 4.07. The molecule has 0 aliphatic carbocycles. The third-order valence-electron chi connectivity index (χ3n) is 5.97. The number of nitrogens with one attached hydrogen (secondary N) is 2. The van der Waals surface area contributed by atoms with Gasteiger partial charge in [-0.25, -0.2) is 0 Å². The van der Waals surface area contributed by atoms with Crippen molar-refractivity contribution in [2.75, 3.05) is 19.6 Å². The monoisotopic (exact) mass is 469 g/mol. The van der Waals surface area contributed by atoms with Crippen molar-refractivity contribution >= 4 is 29.3 Å². The molecular weight excluding hydrogens is 438 g/mol. The smallest absolute Gasteiger partial charge is 0.253 e. The molecular formula is C26H32ClN3O3. The zero-order valence-corrected chi connectivity index (χ0v) is 20.2. The summed E-state index contributed by atoms with van der Waals surface area (Å²) in [6.45, 7) is 7.63. The Morgan fingerprint density at radius 2 is 1.67 bits per heavy atom. The molecule has 3 amide bonds. The molecule has 176 valence electrons. The molecule has 1 fully saturated rings. The van der Waals surface area contributed by atoms with Crippen LogP contribution in [-0.2, 0) is 4.79 Å². The molecule has 7 heteroatoms. The normalized spacial score (nSPS) is 15.2. The average Bonchev–Trinajstić information content (AvgIpc) is 2.81. The summed E-state index contributed by atoms with van der Waals surface area (Å²) in [4.78, 5) is 40.6. The topological polar surface area (TPSA) is 78.5 Å². The second-order valence-electron chi connectivity index (χ2n) is 9.07. The fourth-order valence-corrected chi connectivity index (χ4v) is 4.21. The summed E-state index contributed by atoms with van der Waals surface area (Å²) >= 11 is 6.19. The second-order valence-corrected chi connectivity index (χ2v) is 9.47. The Hall–Kier alpha value is -2.86. The van der Waals surface area contributed by atoms with Gasteiger partial charge in [-0.2, -0.15) is 0 Å². The van der Waals surface area contributed by atoms with E-state index in [2.05, 4.69) is 10.6 Å². The third-order valence-corrected chi connectivity index (χ3v) is 6.30. The molecule has 1 heterocycles. The van der Waals surface area contributed by atoms with Crippen LogP contribution in [-0.4, -0.2) is 48.3 Å². The van der Waals surface area contributed by atoms with Crippen LogP contribution in [0.2, 0.25) is 5.02 Å². The molecule has 3 rings (SSSR count). The lowest BCUT2D eigenvalue weighted by atomic mass is 9.88. The summed E-state index contributed by atoms with van der Waals surface area (Å²) in [7, 11) is 0. The van der Waals surface area contributed by atoms with Gasteiger partial charge in [0.1, 0.15) is 6.04 Å². The van der Waals surface area contributed by atoms with E-state index >= 15 is 0 Å². The molecule has 2 aromatic carbocycles. The number of benzene rings is 2. The highest BCUT2D eigenvalue weighted by atomic mass is 35.5. The minimum absolute atomic E-state index is 0.00522. The fraction of sp³-hybridized carbons (Fsp3) is 0.423. The van der Waals surface area contributed by atoms with Gasteiger partial charge in [-0.05, 0) is 55.9 Å². The molecule has 1 aliphatic heterocycles. The Bertz CT molecular complexity index is 983. The Balaban J connectivity index is 1.69. The zero-order chi connectivity index (χ0) is 24.0. The van der Waals surface area contributed by atoms with Crippen LogP contribution >= 0.6 is 11.6 Å². The maximum atomic E-state index is 13.0. The Kier molecular flexibility index (Phi) is 8.50. The van der Waals surface area contributed by atoms with Crippen molar-refractivity contribution in [3.05, 3.63) is 70.2 Å². The van der Waals surface area contributed by atoms with Crippen LogP contribution in [0, 0.1) is 18.8 Å². The number of hydrogen-bond donors (Lipinski definition) is 2. The van der Waals surface area contributed by atoms with Crippen LogP contribution in [0.15, 0.2) is 48.5 Å². The first-order valence-corrected chi connectivity index (χ1v) is 11.8. The first-order chi connectivity index (χ1) is 15.8. The molecule has 0 saturated carbocycles. The van der Waals surface area contributed by atoms with Crippen molar-refractivity contribution in [2.45, 2.75) is 39.7 Å². The summed E-state index contributed by atoms with van der Waals surface area (Å²) < 4.78 is 0. The summed E-state index contributed by atoms with van der Waals surface area (Å²) in [6.07, 6.45) is 1.25. The van der Waals surface area contributed by atoms with E-state index in [4.69, 9.17) is 11.6 Å². The number of carbonyl (C=O) groups excluding carboxylic acids is 3. The van der Waals surface area contributed by atoms with E-state index in [9.17, 15) is 14.4 Å². The highest BCUT2D eigenvalue weighted by Gasteiger charge is 2.34. The lowest BCUT2D eigenvalue weighted by molar-refractivity contribution is -0.124. The van der Waals surface area contributed by atoms with Gasteiger partial charge in [-0.1, -0.05) is 55.3 Å². The SMILES string of the molecule is Cc1ccc(C(=O)N2CCC([C@@H](NC(=O)c3ccccc3Cl)C(=O)NCC(C)C)CC2)cc1. The van der Waals surface area contributed by atoms with E-state index in [0.717, 1.165) is 5.56 Å². The number of halogens is 1. The fourth-order valence-electron chi connectivity index (χ4n) is 3.99. The van der Waals surface area contributed by atoms with E-state index in [-0.39, 0.29) is 23.6 Å².